The van der Waals surface area contributed by atoms with Gasteiger partial charge in [-0.1, -0.05) is 0 Å². The summed E-state index contributed by atoms with van der Waals surface area (Å²) in [6, 6.07) is 3.56. The van der Waals surface area contributed by atoms with Gasteiger partial charge in [0.05, 0.1) is 11.9 Å². The van der Waals surface area contributed by atoms with Gasteiger partial charge >= 0.3 is 0 Å². The molecule has 4 bridgehead atoms. The molecule has 0 radical (unpaired) electrons. The van der Waals surface area contributed by atoms with E-state index in [9.17, 15) is 4.79 Å². The Bertz CT molecular complexity index is 497. The van der Waals surface area contributed by atoms with Gasteiger partial charge in [0.25, 0.3) is 0 Å². The number of anilines is 2. The molecule has 3 N–H and O–H groups in total. The third kappa shape index (κ3) is 1.98. The van der Waals surface area contributed by atoms with Gasteiger partial charge in [0.2, 0.25) is 5.91 Å². The van der Waals surface area contributed by atoms with Crippen LogP contribution in [0.25, 0.3) is 0 Å². The van der Waals surface area contributed by atoms with Crippen molar-refractivity contribution in [2.24, 2.45) is 29.6 Å². The lowest BCUT2D eigenvalue weighted by atomic mass is 9.51. The highest BCUT2D eigenvalue weighted by molar-refractivity contribution is 5.92. The predicted molar refractivity (Wildman–Crippen MR) is 77.8 cm³/mol. The number of aromatic nitrogens is 1. The zero-order valence-corrected chi connectivity index (χ0v) is 11.6. The number of nitrogens with one attached hydrogen (secondary N) is 1. The molecule has 1 aromatic rings. The Balaban J connectivity index is 1.50. The maximum Gasteiger partial charge on any atom is 0.229 e. The van der Waals surface area contributed by atoms with Crippen molar-refractivity contribution >= 4 is 17.4 Å². The molecule has 4 fully saturated rings. The van der Waals surface area contributed by atoms with Crippen LogP contribution in [-0.4, -0.2) is 10.9 Å². The van der Waals surface area contributed by atoms with Crippen LogP contribution in [0.3, 0.4) is 0 Å². The van der Waals surface area contributed by atoms with Gasteiger partial charge in [-0.2, -0.15) is 0 Å². The highest BCUT2D eigenvalue weighted by Gasteiger charge is 2.50. The minimum absolute atomic E-state index is 0.177. The van der Waals surface area contributed by atoms with Crippen molar-refractivity contribution in [1.29, 1.82) is 0 Å². The first kappa shape index (κ1) is 12.2. The van der Waals surface area contributed by atoms with Gasteiger partial charge < -0.3 is 11.1 Å². The van der Waals surface area contributed by atoms with Gasteiger partial charge in [-0.3, -0.25) is 4.79 Å². The molecule has 4 nitrogen and oxygen atoms in total. The standard InChI is InChI=1S/C16H21N3O/c17-13-1-2-14(18-8-13)19-16(20)15-11-4-9-3-10(6-11)7-12(15)5-9/h1-2,8-12,15H,3-7,17H2,(H,18,19,20). The summed E-state index contributed by atoms with van der Waals surface area (Å²) in [5.41, 5.74) is 6.24. The second-order valence-electron chi connectivity index (χ2n) is 6.92. The fourth-order valence-corrected chi connectivity index (χ4v) is 5.04. The van der Waals surface area contributed by atoms with Crippen LogP contribution in [0.15, 0.2) is 18.3 Å². The molecule has 0 aliphatic heterocycles. The van der Waals surface area contributed by atoms with Crippen molar-refractivity contribution in [3.63, 3.8) is 0 Å². The number of pyridine rings is 1. The molecule has 0 atom stereocenters. The van der Waals surface area contributed by atoms with Crippen LogP contribution in [0.4, 0.5) is 11.5 Å². The van der Waals surface area contributed by atoms with Crippen LogP contribution >= 0.6 is 0 Å². The largest absolute Gasteiger partial charge is 0.397 e. The van der Waals surface area contributed by atoms with Crippen molar-refractivity contribution in [1.82, 2.24) is 4.98 Å². The number of nitrogen functional groups attached to an aromatic ring is 1. The number of hydrogen-bond donors (Lipinski definition) is 2. The van der Waals surface area contributed by atoms with E-state index in [2.05, 4.69) is 10.3 Å². The monoisotopic (exact) mass is 271 g/mol. The van der Waals surface area contributed by atoms with Gasteiger partial charge in [-0.25, -0.2) is 4.98 Å². The van der Waals surface area contributed by atoms with E-state index in [4.69, 9.17) is 5.73 Å². The molecule has 20 heavy (non-hydrogen) atoms. The summed E-state index contributed by atoms with van der Waals surface area (Å²) < 4.78 is 0. The molecule has 1 amide bonds. The lowest BCUT2D eigenvalue weighted by Gasteiger charge is -2.53. The van der Waals surface area contributed by atoms with Crippen molar-refractivity contribution in [3.05, 3.63) is 18.3 Å². The van der Waals surface area contributed by atoms with Gasteiger partial charge in [-0.05, 0) is 67.9 Å². The van der Waals surface area contributed by atoms with Crippen molar-refractivity contribution in [2.45, 2.75) is 32.1 Å². The van der Waals surface area contributed by atoms with E-state index >= 15 is 0 Å². The van der Waals surface area contributed by atoms with Crippen LogP contribution in [0.5, 0.6) is 0 Å². The summed E-state index contributed by atoms with van der Waals surface area (Å²) in [4.78, 5) is 16.8. The quantitative estimate of drug-likeness (QED) is 0.869. The normalized spacial score (nSPS) is 37.9. The fraction of sp³-hybridized carbons (Fsp3) is 0.625. The molecular formula is C16H21N3O. The number of amides is 1. The second-order valence-corrected chi connectivity index (χ2v) is 6.92. The Morgan fingerprint density at radius 3 is 2.30 bits per heavy atom. The zero-order valence-electron chi connectivity index (χ0n) is 11.6. The predicted octanol–water partition coefficient (Wildman–Crippen LogP) is 2.67. The number of hydrogen-bond acceptors (Lipinski definition) is 3. The average molecular weight is 271 g/mol. The SMILES string of the molecule is Nc1ccc(NC(=O)C2C3CC4CC(C3)CC2C4)nc1. The Labute approximate surface area is 119 Å². The average Bonchev–Trinajstić information content (AvgIpc) is 2.40. The number of nitrogens with two attached hydrogens (primary N) is 1. The fourth-order valence-electron chi connectivity index (χ4n) is 5.04. The Hall–Kier alpha value is -1.58. The summed E-state index contributed by atoms with van der Waals surface area (Å²) in [5.74, 6) is 4.03. The summed E-state index contributed by atoms with van der Waals surface area (Å²) in [6.45, 7) is 0. The third-order valence-electron chi connectivity index (χ3n) is 5.57. The third-order valence-corrected chi connectivity index (χ3v) is 5.57. The van der Waals surface area contributed by atoms with Gasteiger partial charge in [0.1, 0.15) is 5.82 Å². The number of rotatable bonds is 2. The highest BCUT2D eigenvalue weighted by atomic mass is 16.2. The molecule has 0 aromatic carbocycles. The number of carbonyl (C=O) groups excluding carboxylic acids is 1. The van der Waals surface area contributed by atoms with E-state index < -0.39 is 0 Å². The molecule has 0 spiro atoms. The van der Waals surface area contributed by atoms with Crippen molar-refractivity contribution in [2.75, 3.05) is 11.1 Å². The highest BCUT2D eigenvalue weighted by Crippen LogP contribution is 2.56. The van der Waals surface area contributed by atoms with E-state index in [1.54, 1.807) is 18.3 Å². The van der Waals surface area contributed by atoms with Gasteiger partial charge in [0, 0.05) is 5.92 Å². The van der Waals surface area contributed by atoms with Gasteiger partial charge in [-0.15, -0.1) is 0 Å². The van der Waals surface area contributed by atoms with E-state index in [-0.39, 0.29) is 11.8 Å². The molecule has 106 valence electrons. The summed E-state index contributed by atoms with van der Waals surface area (Å²) in [6.07, 6.45) is 8.06. The van der Waals surface area contributed by atoms with Crippen LogP contribution in [0, 0.1) is 29.6 Å². The molecule has 1 heterocycles. The Morgan fingerprint density at radius 2 is 1.75 bits per heavy atom. The number of nitrogens with zero attached hydrogens (tertiary/aromatic N) is 1. The molecule has 0 saturated heterocycles. The smallest absolute Gasteiger partial charge is 0.229 e. The molecule has 0 unspecified atom stereocenters. The first-order valence-corrected chi connectivity index (χ1v) is 7.71. The summed E-state index contributed by atoms with van der Waals surface area (Å²) in [5, 5.41) is 2.99. The van der Waals surface area contributed by atoms with E-state index in [0.29, 0.717) is 23.3 Å². The molecule has 4 aliphatic carbocycles. The van der Waals surface area contributed by atoms with E-state index in [0.717, 1.165) is 11.8 Å². The first-order chi connectivity index (χ1) is 9.69. The second kappa shape index (κ2) is 4.47. The first-order valence-electron chi connectivity index (χ1n) is 7.71. The lowest BCUT2D eigenvalue weighted by molar-refractivity contribution is -0.132. The molecule has 4 heteroatoms. The van der Waals surface area contributed by atoms with Crippen molar-refractivity contribution in [3.8, 4) is 0 Å². The Morgan fingerprint density at radius 1 is 1.10 bits per heavy atom. The van der Waals surface area contributed by atoms with Crippen LogP contribution < -0.4 is 11.1 Å². The molecule has 1 aromatic heterocycles. The minimum atomic E-state index is 0.177. The van der Waals surface area contributed by atoms with Crippen LogP contribution in [0.1, 0.15) is 32.1 Å². The van der Waals surface area contributed by atoms with Crippen molar-refractivity contribution < 1.29 is 4.79 Å². The summed E-state index contributed by atoms with van der Waals surface area (Å²) in [7, 11) is 0. The van der Waals surface area contributed by atoms with Crippen LogP contribution in [0.2, 0.25) is 0 Å². The van der Waals surface area contributed by atoms with Gasteiger partial charge in [0.15, 0.2) is 0 Å². The van der Waals surface area contributed by atoms with Crippen LogP contribution in [-0.2, 0) is 4.79 Å². The molecular weight excluding hydrogens is 250 g/mol. The Kier molecular flexibility index (Phi) is 2.72. The maximum absolute atomic E-state index is 12.6. The topological polar surface area (TPSA) is 68.0 Å². The minimum Gasteiger partial charge on any atom is -0.397 e. The number of carbonyl (C=O) groups is 1. The summed E-state index contributed by atoms with van der Waals surface area (Å²) >= 11 is 0. The molecule has 5 rings (SSSR count). The van der Waals surface area contributed by atoms with E-state index in [1.807, 2.05) is 0 Å². The van der Waals surface area contributed by atoms with E-state index in [1.165, 1.54) is 32.1 Å². The lowest BCUT2D eigenvalue weighted by Crippen LogP contribution is -2.49. The molecule has 4 aliphatic rings. The maximum atomic E-state index is 12.6. The zero-order chi connectivity index (χ0) is 13.7. The molecule has 4 saturated carbocycles.